The molecule has 4 heterocycles. The Balaban J connectivity index is 1.46. The lowest BCUT2D eigenvalue weighted by molar-refractivity contribution is -0.131. The third-order valence-electron chi connectivity index (χ3n) is 6.49. The number of nitrogens with one attached hydrogen (secondary N) is 1. The maximum Gasteiger partial charge on any atom is 0.262 e. The first kappa shape index (κ1) is 18.7. The molecular weight excluding hydrogens is 394 g/mol. The van der Waals surface area contributed by atoms with Crippen molar-refractivity contribution in [3.63, 3.8) is 0 Å². The van der Waals surface area contributed by atoms with Crippen LogP contribution in [-0.4, -0.2) is 74.4 Å². The van der Waals surface area contributed by atoms with E-state index < -0.39 is 15.4 Å². The average molecular weight is 420 g/mol. The molecule has 0 aromatic carbocycles. The molecular formula is C18H25N7O3S. The molecule has 2 saturated heterocycles. The van der Waals surface area contributed by atoms with Crippen LogP contribution in [0.4, 0.5) is 0 Å². The Bertz CT molecular complexity index is 1060. The molecule has 1 N–H and O–H groups in total. The number of aryl methyl sites for hydroxylation is 2. The van der Waals surface area contributed by atoms with E-state index >= 15 is 0 Å². The van der Waals surface area contributed by atoms with Gasteiger partial charge in [-0.3, -0.25) is 9.89 Å². The molecule has 1 amide bonds. The highest BCUT2D eigenvalue weighted by molar-refractivity contribution is 7.89. The van der Waals surface area contributed by atoms with Gasteiger partial charge in [-0.1, -0.05) is 0 Å². The van der Waals surface area contributed by atoms with E-state index in [2.05, 4.69) is 20.2 Å². The van der Waals surface area contributed by atoms with Crippen LogP contribution in [0.5, 0.6) is 0 Å². The number of carbonyl (C=O) groups is 1. The molecule has 29 heavy (non-hydrogen) atoms. The van der Waals surface area contributed by atoms with Crippen molar-refractivity contribution >= 4 is 15.9 Å². The minimum absolute atomic E-state index is 0.0485. The number of imidazole rings is 1. The van der Waals surface area contributed by atoms with Crippen molar-refractivity contribution < 1.29 is 13.2 Å². The molecule has 1 saturated carbocycles. The maximum absolute atomic E-state index is 13.1. The van der Waals surface area contributed by atoms with E-state index in [9.17, 15) is 13.2 Å². The van der Waals surface area contributed by atoms with Gasteiger partial charge < -0.3 is 9.47 Å². The summed E-state index contributed by atoms with van der Waals surface area (Å²) in [6, 6.07) is 0. The number of sulfonamides is 1. The van der Waals surface area contributed by atoms with Gasteiger partial charge >= 0.3 is 0 Å². The molecule has 156 valence electrons. The molecule has 3 fully saturated rings. The van der Waals surface area contributed by atoms with Gasteiger partial charge in [0, 0.05) is 51.3 Å². The summed E-state index contributed by atoms with van der Waals surface area (Å²) in [6.07, 6.45) is 5.49. The fourth-order valence-electron chi connectivity index (χ4n) is 4.71. The summed E-state index contributed by atoms with van der Waals surface area (Å²) < 4.78 is 29.3. The second-order valence-corrected chi connectivity index (χ2v) is 10.5. The minimum Gasteiger partial charge on any atom is -0.341 e. The Morgan fingerprint density at radius 3 is 2.72 bits per heavy atom. The molecule has 0 unspecified atom stereocenters. The summed E-state index contributed by atoms with van der Waals surface area (Å²) >= 11 is 0. The van der Waals surface area contributed by atoms with Gasteiger partial charge in [0.15, 0.2) is 10.9 Å². The number of aromatic amines is 1. The van der Waals surface area contributed by atoms with E-state index in [-0.39, 0.29) is 22.8 Å². The van der Waals surface area contributed by atoms with Crippen LogP contribution < -0.4 is 0 Å². The Morgan fingerprint density at radius 1 is 1.31 bits per heavy atom. The molecule has 2 aromatic rings. The van der Waals surface area contributed by atoms with Crippen molar-refractivity contribution in [1.29, 1.82) is 0 Å². The van der Waals surface area contributed by atoms with Crippen molar-refractivity contribution in [3.05, 3.63) is 24.2 Å². The number of rotatable bonds is 4. The standard InChI is InChI=1S/C18H25N7O3S/c1-12-20-17(22-21-12)18-5-6-25(29(27,28)15-9-23(2)11-19-15)8-14(18)7-24(10-18)16(26)13-3-4-13/h9,11,13-14H,3-8,10H2,1-2H3,(H,20,21,22)/t14-,18+/m0/s1. The van der Waals surface area contributed by atoms with Crippen molar-refractivity contribution in [2.24, 2.45) is 18.9 Å². The SMILES string of the molecule is Cc1nc([C@@]23CCN(S(=O)(=O)c4cn(C)cn4)C[C@@H]2CN(C(=O)C2CC2)C3)n[nH]1. The number of fused-ring (bicyclic) bond motifs is 1. The third kappa shape index (κ3) is 2.98. The zero-order chi connectivity index (χ0) is 20.4. The molecule has 10 nitrogen and oxygen atoms in total. The summed E-state index contributed by atoms with van der Waals surface area (Å²) in [7, 11) is -1.93. The molecule has 1 aliphatic carbocycles. The van der Waals surface area contributed by atoms with Crippen molar-refractivity contribution in [1.82, 2.24) is 33.9 Å². The lowest BCUT2D eigenvalue weighted by Gasteiger charge is -2.40. The van der Waals surface area contributed by atoms with Gasteiger partial charge in [-0.15, -0.1) is 0 Å². The summed E-state index contributed by atoms with van der Waals surface area (Å²) in [6.45, 7) is 3.64. The van der Waals surface area contributed by atoms with E-state index in [4.69, 9.17) is 0 Å². The molecule has 11 heteroatoms. The van der Waals surface area contributed by atoms with Crippen LogP contribution in [-0.2, 0) is 27.3 Å². The largest absolute Gasteiger partial charge is 0.341 e. The van der Waals surface area contributed by atoms with Gasteiger partial charge in [0.1, 0.15) is 5.82 Å². The monoisotopic (exact) mass is 419 g/mol. The fourth-order valence-corrected chi connectivity index (χ4v) is 6.16. The molecule has 2 aliphatic heterocycles. The average Bonchev–Trinajstić information content (AvgIpc) is 3.09. The van der Waals surface area contributed by atoms with Crippen LogP contribution in [0.25, 0.3) is 0 Å². The number of hydrogen-bond donors (Lipinski definition) is 1. The van der Waals surface area contributed by atoms with Gasteiger partial charge in [0.05, 0.1) is 11.7 Å². The van der Waals surface area contributed by atoms with Crippen LogP contribution in [0, 0.1) is 18.8 Å². The topological polar surface area (TPSA) is 117 Å². The molecule has 0 radical (unpaired) electrons. The number of amides is 1. The van der Waals surface area contributed by atoms with E-state index in [0.717, 1.165) is 18.7 Å². The minimum atomic E-state index is -3.68. The van der Waals surface area contributed by atoms with Crippen LogP contribution >= 0.6 is 0 Å². The van der Waals surface area contributed by atoms with Gasteiger partial charge in [0.2, 0.25) is 5.91 Å². The summed E-state index contributed by atoms with van der Waals surface area (Å²) in [5, 5.41) is 7.39. The number of hydrogen-bond acceptors (Lipinski definition) is 6. The van der Waals surface area contributed by atoms with Crippen molar-refractivity contribution in [2.45, 2.75) is 36.6 Å². The van der Waals surface area contributed by atoms with Crippen LogP contribution in [0.3, 0.4) is 0 Å². The van der Waals surface area contributed by atoms with E-state index in [1.165, 1.54) is 16.8 Å². The second kappa shape index (κ2) is 6.36. The predicted molar refractivity (Wildman–Crippen MR) is 102 cm³/mol. The summed E-state index contributed by atoms with van der Waals surface area (Å²) in [4.78, 5) is 23.3. The van der Waals surface area contributed by atoms with E-state index in [0.29, 0.717) is 38.4 Å². The van der Waals surface area contributed by atoms with E-state index in [1.807, 2.05) is 11.8 Å². The van der Waals surface area contributed by atoms with E-state index in [1.54, 1.807) is 11.6 Å². The Kier molecular flexibility index (Phi) is 4.11. The molecule has 5 rings (SSSR count). The molecule has 0 bridgehead atoms. The number of likely N-dealkylation sites (tertiary alicyclic amines) is 1. The lowest BCUT2D eigenvalue weighted by Crippen LogP contribution is -2.51. The maximum atomic E-state index is 13.1. The van der Waals surface area contributed by atoms with Crippen molar-refractivity contribution in [3.8, 4) is 0 Å². The normalized spacial score (nSPS) is 27.9. The number of carbonyl (C=O) groups excluding carboxylic acids is 1. The molecule has 3 aliphatic rings. The zero-order valence-electron chi connectivity index (χ0n) is 16.6. The second-order valence-electron chi connectivity index (χ2n) is 8.58. The number of piperidine rings is 1. The van der Waals surface area contributed by atoms with Gasteiger partial charge in [0.25, 0.3) is 10.0 Å². The third-order valence-corrected chi connectivity index (χ3v) is 8.24. The van der Waals surface area contributed by atoms with Gasteiger partial charge in [-0.05, 0) is 26.2 Å². The lowest BCUT2D eigenvalue weighted by atomic mass is 9.72. The van der Waals surface area contributed by atoms with Crippen molar-refractivity contribution in [2.75, 3.05) is 26.2 Å². The predicted octanol–water partition coefficient (Wildman–Crippen LogP) is 0.0474. The van der Waals surface area contributed by atoms with Crippen LogP contribution in [0.1, 0.15) is 30.9 Å². The van der Waals surface area contributed by atoms with Gasteiger partial charge in [-0.2, -0.15) is 9.40 Å². The first-order valence-corrected chi connectivity index (χ1v) is 11.4. The summed E-state index contributed by atoms with van der Waals surface area (Å²) in [5.74, 6) is 1.69. The fraction of sp³-hybridized carbons (Fsp3) is 0.667. The quantitative estimate of drug-likeness (QED) is 0.748. The number of aromatic nitrogens is 5. The van der Waals surface area contributed by atoms with Crippen LogP contribution in [0.15, 0.2) is 17.6 Å². The zero-order valence-corrected chi connectivity index (χ0v) is 17.4. The highest BCUT2D eigenvalue weighted by Crippen LogP contribution is 2.46. The highest BCUT2D eigenvalue weighted by Gasteiger charge is 2.56. The first-order chi connectivity index (χ1) is 13.8. The first-order valence-electron chi connectivity index (χ1n) is 9.96. The smallest absolute Gasteiger partial charge is 0.262 e. The molecule has 2 aromatic heterocycles. The number of H-pyrrole nitrogens is 1. The number of nitrogens with zero attached hydrogens (tertiary/aromatic N) is 6. The highest BCUT2D eigenvalue weighted by atomic mass is 32.2. The van der Waals surface area contributed by atoms with Gasteiger partial charge in [-0.25, -0.2) is 18.4 Å². The Hall–Kier alpha value is -2.27. The molecule has 2 atom stereocenters. The molecule has 0 spiro atoms. The Morgan fingerprint density at radius 2 is 2.10 bits per heavy atom. The summed E-state index contributed by atoms with van der Waals surface area (Å²) in [5.41, 5.74) is -0.411. The van der Waals surface area contributed by atoms with Crippen LogP contribution in [0.2, 0.25) is 0 Å². The Labute approximate surface area is 169 Å².